The third-order valence-electron chi connectivity index (χ3n) is 5.18. The number of hydrogen-bond acceptors (Lipinski definition) is 4. The van der Waals surface area contributed by atoms with Crippen molar-refractivity contribution in [3.63, 3.8) is 0 Å². The first-order valence-electron chi connectivity index (χ1n) is 9.07. The van der Waals surface area contributed by atoms with Gasteiger partial charge in [-0.05, 0) is 37.9 Å². The van der Waals surface area contributed by atoms with E-state index in [1.165, 1.54) is 25.2 Å². The molecule has 5 nitrogen and oxygen atoms in total. The minimum absolute atomic E-state index is 0.614. The molecular weight excluding hydrogens is 298 g/mol. The molecule has 1 aromatic heterocycles. The first-order chi connectivity index (χ1) is 11.8. The molecule has 2 atom stereocenters. The zero-order chi connectivity index (χ0) is 16.4. The minimum atomic E-state index is 0.614. The van der Waals surface area contributed by atoms with Crippen molar-refractivity contribution in [2.75, 3.05) is 42.9 Å². The Morgan fingerprint density at radius 2 is 2.00 bits per heavy atom. The van der Waals surface area contributed by atoms with Gasteiger partial charge in [0, 0.05) is 50.4 Å². The first-order valence-corrected chi connectivity index (χ1v) is 9.07. The van der Waals surface area contributed by atoms with Gasteiger partial charge in [0.25, 0.3) is 0 Å². The lowest BCUT2D eigenvalue weighted by molar-refractivity contribution is 0.378. The van der Waals surface area contributed by atoms with Crippen LogP contribution in [0.5, 0.6) is 0 Å². The van der Waals surface area contributed by atoms with Crippen LogP contribution in [0.15, 0.2) is 36.4 Å². The van der Waals surface area contributed by atoms with E-state index in [-0.39, 0.29) is 0 Å². The molecular formula is C19H27N5. The van der Waals surface area contributed by atoms with Gasteiger partial charge in [-0.3, -0.25) is 0 Å². The Kier molecular flexibility index (Phi) is 4.43. The molecule has 128 valence electrons. The number of rotatable bonds is 5. The molecule has 0 unspecified atom stereocenters. The van der Waals surface area contributed by atoms with Crippen molar-refractivity contribution < 1.29 is 0 Å². The fraction of sp³-hybridized carbons (Fsp3) is 0.526. The van der Waals surface area contributed by atoms with E-state index in [0.717, 1.165) is 43.6 Å². The molecule has 2 N–H and O–H groups in total. The zero-order valence-electron chi connectivity index (χ0n) is 14.4. The number of fused-ring (bicyclic) bond motifs is 1. The summed E-state index contributed by atoms with van der Waals surface area (Å²) in [6.45, 7) is 8.64. The predicted octanol–water partition coefficient (Wildman–Crippen LogP) is 2.35. The van der Waals surface area contributed by atoms with E-state index in [4.69, 9.17) is 0 Å². The zero-order valence-corrected chi connectivity index (χ0v) is 14.4. The SMILES string of the molecule is Cc1cc2n(n1)C[C@@H](CNC[C@@H]1CCN(c3ccccc3)C1)CN2. The molecule has 2 aromatic rings. The van der Waals surface area contributed by atoms with Crippen molar-refractivity contribution >= 4 is 11.5 Å². The topological polar surface area (TPSA) is 45.1 Å². The number of aromatic nitrogens is 2. The Labute approximate surface area is 144 Å². The van der Waals surface area contributed by atoms with Crippen LogP contribution in [0.4, 0.5) is 11.5 Å². The van der Waals surface area contributed by atoms with Gasteiger partial charge in [0.1, 0.15) is 5.82 Å². The summed E-state index contributed by atoms with van der Waals surface area (Å²) in [7, 11) is 0. The molecule has 0 radical (unpaired) electrons. The summed E-state index contributed by atoms with van der Waals surface area (Å²) >= 11 is 0. The van der Waals surface area contributed by atoms with E-state index in [0.29, 0.717) is 5.92 Å². The van der Waals surface area contributed by atoms with Crippen LogP contribution in [0.1, 0.15) is 12.1 Å². The number of nitrogens with one attached hydrogen (secondary N) is 2. The molecule has 1 fully saturated rings. The van der Waals surface area contributed by atoms with Gasteiger partial charge in [-0.1, -0.05) is 18.2 Å². The minimum Gasteiger partial charge on any atom is -0.371 e. The van der Waals surface area contributed by atoms with Crippen LogP contribution >= 0.6 is 0 Å². The van der Waals surface area contributed by atoms with E-state index in [9.17, 15) is 0 Å². The Morgan fingerprint density at radius 3 is 2.88 bits per heavy atom. The molecule has 0 amide bonds. The van der Waals surface area contributed by atoms with Crippen molar-refractivity contribution in [3.05, 3.63) is 42.1 Å². The van der Waals surface area contributed by atoms with Crippen LogP contribution in [-0.4, -0.2) is 42.5 Å². The summed E-state index contributed by atoms with van der Waals surface area (Å²) in [5, 5.41) is 11.7. The average Bonchev–Trinajstić information content (AvgIpc) is 3.21. The number of para-hydroxylation sites is 1. The molecule has 4 rings (SSSR count). The molecule has 0 bridgehead atoms. The quantitative estimate of drug-likeness (QED) is 0.886. The summed E-state index contributed by atoms with van der Waals surface area (Å²) in [4.78, 5) is 2.51. The maximum Gasteiger partial charge on any atom is 0.124 e. The van der Waals surface area contributed by atoms with Gasteiger partial charge in [0.15, 0.2) is 0 Å². The van der Waals surface area contributed by atoms with Crippen molar-refractivity contribution in [2.45, 2.75) is 19.9 Å². The highest BCUT2D eigenvalue weighted by molar-refractivity contribution is 5.46. The van der Waals surface area contributed by atoms with E-state index in [2.05, 4.69) is 68.6 Å². The Balaban J connectivity index is 1.21. The van der Waals surface area contributed by atoms with Crippen molar-refractivity contribution in [1.29, 1.82) is 0 Å². The molecule has 2 aliphatic heterocycles. The van der Waals surface area contributed by atoms with E-state index < -0.39 is 0 Å². The maximum atomic E-state index is 4.55. The number of aryl methyl sites for hydroxylation is 1. The summed E-state index contributed by atoms with van der Waals surface area (Å²) < 4.78 is 2.11. The molecule has 5 heteroatoms. The number of benzene rings is 1. The second-order valence-corrected chi connectivity index (χ2v) is 7.19. The Hall–Kier alpha value is -2.01. The van der Waals surface area contributed by atoms with Gasteiger partial charge < -0.3 is 15.5 Å². The van der Waals surface area contributed by atoms with Gasteiger partial charge in [-0.15, -0.1) is 0 Å². The molecule has 0 aliphatic carbocycles. The lowest BCUT2D eigenvalue weighted by Crippen LogP contribution is -2.37. The van der Waals surface area contributed by atoms with Crippen molar-refractivity contribution in [2.24, 2.45) is 11.8 Å². The van der Waals surface area contributed by atoms with Crippen LogP contribution in [0.2, 0.25) is 0 Å². The largest absolute Gasteiger partial charge is 0.371 e. The average molecular weight is 325 g/mol. The summed E-state index contributed by atoms with van der Waals surface area (Å²) in [5.74, 6) is 2.53. The maximum absolute atomic E-state index is 4.55. The van der Waals surface area contributed by atoms with Crippen LogP contribution in [0.25, 0.3) is 0 Å². The van der Waals surface area contributed by atoms with Crippen LogP contribution in [0, 0.1) is 18.8 Å². The van der Waals surface area contributed by atoms with E-state index >= 15 is 0 Å². The molecule has 0 spiro atoms. The fourth-order valence-electron chi connectivity index (χ4n) is 3.89. The lowest BCUT2D eigenvalue weighted by atomic mass is 10.1. The smallest absolute Gasteiger partial charge is 0.124 e. The van der Waals surface area contributed by atoms with Gasteiger partial charge in [-0.25, -0.2) is 4.68 Å². The van der Waals surface area contributed by atoms with E-state index in [1.807, 2.05) is 0 Å². The van der Waals surface area contributed by atoms with Gasteiger partial charge in [0.2, 0.25) is 0 Å². The van der Waals surface area contributed by atoms with Crippen LogP contribution < -0.4 is 15.5 Å². The second kappa shape index (κ2) is 6.85. The molecule has 2 aliphatic rings. The number of hydrogen-bond donors (Lipinski definition) is 2. The summed E-state index contributed by atoms with van der Waals surface area (Å²) in [6.07, 6.45) is 1.29. The summed E-state index contributed by atoms with van der Waals surface area (Å²) in [5.41, 5.74) is 2.45. The summed E-state index contributed by atoms with van der Waals surface area (Å²) in [6, 6.07) is 12.9. The highest BCUT2D eigenvalue weighted by atomic mass is 15.3. The van der Waals surface area contributed by atoms with Gasteiger partial charge >= 0.3 is 0 Å². The molecule has 0 saturated carbocycles. The van der Waals surface area contributed by atoms with Gasteiger partial charge in [0.05, 0.1) is 5.69 Å². The van der Waals surface area contributed by atoms with Crippen LogP contribution in [0.3, 0.4) is 0 Å². The second-order valence-electron chi connectivity index (χ2n) is 7.19. The third kappa shape index (κ3) is 3.41. The Bertz CT molecular complexity index is 666. The monoisotopic (exact) mass is 325 g/mol. The van der Waals surface area contributed by atoms with Crippen LogP contribution in [-0.2, 0) is 6.54 Å². The standard InChI is InChI=1S/C19H27N5/c1-15-9-19-21-12-17(14-24(19)22-15)11-20-10-16-7-8-23(13-16)18-5-3-2-4-6-18/h2-6,9,16-17,20-21H,7-8,10-14H2,1H3/t16-,17-/m0/s1. The fourth-order valence-corrected chi connectivity index (χ4v) is 3.89. The van der Waals surface area contributed by atoms with Crippen molar-refractivity contribution in [1.82, 2.24) is 15.1 Å². The third-order valence-corrected chi connectivity index (χ3v) is 5.18. The normalized spacial score (nSPS) is 23.1. The van der Waals surface area contributed by atoms with Crippen molar-refractivity contribution in [3.8, 4) is 0 Å². The Morgan fingerprint density at radius 1 is 1.17 bits per heavy atom. The lowest BCUT2D eigenvalue weighted by Gasteiger charge is -2.25. The number of anilines is 2. The highest BCUT2D eigenvalue weighted by Crippen LogP contribution is 2.23. The molecule has 3 heterocycles. The molecule has 1 aromatic carbocycles. The first kappa shape index (κ1) is 15.5. The van der Waals surface area contributed by atoms with E-state index in [1.54, 1.807) is 0 Å². The van der Waals surface area contributed by atoms with Gasteiger partial charge in [-0.2, -0.15) is 5.10 Å². The molecule has 24 heavy (non-hydrogen) atoms. The highest BCUT2D eigenvalue weighted by Gasteiger charge is 2.23. The molecule has 1 saturated heterocycles. The predicted molar refractivity (Wildman–Crippen MR) is 98.6 cm³/mol. The number of nitrogens with zero attached hydrogens (tertiary/aromatic N) is 3.